The van der Waals surface area contributed by atoms with Crippen molar-refractivity contribution in [1.29, 1.82) is 0 Å². The first-order valence-corrected chi connectivity index (χ1v) is 8.33. The molecular formula is C15H13F3N2O3S. The summed E-state index contributed by atoms with van der Waals surface area (Å²) in [5.74, 6) is -1.99. The number of halogens is 3. The summed E-state index contributed by atoms with van der Waals surface area (Å²) in [4.78, 5) is 14.7. The molecule has 2 rings (SSSR count). The van der Waals surface area contributed by atoms with Gasteiger partial charge in [-0.15, -0.1) is 0 Å². The van der Waals surface area contributed by atoms with Crippen LogP contribution in [0.15, 0.2) is 48.8 Å². The van der Waals surface area contributed by atoms with E-state index in [1.54, 1.807) is 12.1 Å². The zero-order valence-corrected chi connectivity index (χ0v) is 13.1. The van der Waals surface area contributed by atoms with E-state index in [1.165, 1.54) is 36.7 Å². The number of benzene rings is 1. The lowest BCUT2D eigenvalue weighted by molar-refractivity contribution is -0.106. The van der Waals surface area contributed by atoms with Crippen molar-refractivity contribution in [2.24, 2.45) is 0 Å². The first-order valence-electron chi connectivity index (χ1n) is 6.72. The van der Waals surface area contributed by atoms with Gasteiger partial charge in [-0.3, -0.25) is 14.1 Å². The molecule has 1 aromatic heterocycles. The third-order valence-electron chi connectivity index (χ3n) is 3.03. The van der Waals surface area contributed by atoms with Crippen molar-refractivity contribution < 1.29 is 26.4 Å². The maximum atomic E-state index is 12.6. The van der Waals surface area contributed by atoms with Crippen molar-refractivity contribution in [3.05, 3.63) is 59.9 Å². The van der Waals surface area contributed by atoms with Crippen LogP contribution in [0.1, 0.15) is 15.9 Å². The molecule has 0 amide bonds. The van der Waals surface area contributed by atoms with Crippen molar-refractivity contribution in [3.63, 3.8) is 0 Å². The van der Waals surface area contributed by atoms with Gasteiger partial charge < -0.3 is 0 Å². The molecule has 0 aliphatic heterocycles. The fourth-order valence-corrected chi connectivity index (χ4v) is 3.40. The Hall–Kier alpha value is -2.42. The monoisotopic (exact) mass is 358 g/mol. The Balaban J connectivity index is 2.46. The van der Waals surface area contributed by atoms with E-state index < -0.39 is 22.0 Å². The van der Waals surface area contributed by atoms with E-state index in [0.717, 1.165) is 0 Å². The van der Waals surface area contributed by atoms with Gasteiger partial charge in [0.25, 0.3) is 0 Å². The SMILES string of the molecule is O=Cc1cccc(N(Cc2cccnc2)S(=O)(=O)CC(F)(F)F)c1. The molecule has 0 unspecified atom stereocenters. The highest BCUT2D eigenvalue weighted by Crippen LogP contribution is 2.26. The fourth-order valence-electron chi connectivity index (χ4n) is 2.05. The van der Waals surface area contributed by atoms with Crippen molar-refractivity contribution in [3.8, 4) is 0 Å². The molecule has 1 heterocycles. The Morgan fingerprint density at radius 1 is 1.17 bits per heavy atom. The Kier molecular flexibility index (Phi) is 5.23. The van der Waals surface area contributed by atoms with E-state index in [2.05, 4.69) is 4.98 Å². The van der Waals surface area contributed by atoms with Gasteiger partial charge in [0, 0.05) is 18.0 Å². The van der Waals surface area contributed by atoms with Gasteiger partial charge in [0.05, 0.1) is 12.2 Å². The molecule has 1 aromatic carbocycles. The number of anilines is 1. The van der Waals surface area contributed by atoms with Crippen molar-refractivity contribution in [1.82, 2.24) is 4.98 Å². The van der Waals surface area contributed by atoms with Crippen molar-refractivity contribution >= 4 is 22.0 Å². The molecule has 0 aliphatic rings. The second-order valence-corrected chi connectivity index (χ2v) is 6.85. The van der Waals surface area contributed by atoms with Crippen LogP contribution in [0.5, 0.6) is 0 Å². The minimum absolute atomic E-state index is 0.0206. The molecule has 0 aliphatic carbocycles. The third kappa shape index (κ3) is 4.79. The molecule has 128 valence electrons. The van der Waals surface area contributed by atoms with E-state index in [4.69, 9.17) is 0 Å². The first kappa shape index (κ1) is 17.9. The van der Waals surface area contributed by atoms with Crippen LogP contribution >= 0.6 is 0 Å². The highest BCUT2D eigenvalue weighted by atomic mass is 32.2. The van der Waals surface area contributed by atoms with Crippen LogP contribution in [0.4, 0.5) is 18.9 Å². The predicted molar refractivity (Wildman–Crippen MR) is 82.1 cm³/mol. The molecule has 2 aromatic rings. The largest absolute Gasteiger partial charge is 0.404 e. The quantitative estimate of drug-likeness (QED) is 0.745. The second kappa shape index (κ2) is 7.00. The molecular weight excluding hydrogens is 345 g/mol. The molecule has 0 bridgehead atoms. The molecule has 24 heavy (non-hydrogen) atoms. The van der Waals surface area contributed by atoms with Crippen molar-refractivity contribution in [2.75, 3.05) is 10.1 Å². The number of carbonyl (C=O) groups excluding carboxylic acids is 1. The highest BCUT2D eigenvalue weighted by Gasteiger charge is 2.38. The molecule has 0 radical (unpaired) electrons. The summed E-state index contributed by atoms with van der Waals surface area (Å²) in [7, 11) is -4.69. The zero-order valence-electron chi connectivity index (χ0n) is 12.3. The number of carbonyl (C=O) groups is 1. The lowest BCUT2D eigenvalue weighted by atomic mass is 10.2. The zero-order chi connectivity index (χ0) is 17.8. The Labute approximate surface area is 136 Å². The first-order chi connectivity index (χ1) is 11.2. The van der Waals surface area contributed by atoms with Gasteiger partial charge in [-0.2, -0.15) is 13.2 Å². The van der Waals surface area contributed by atoms with Gasteiger partial charge in [-0.25, -0.2) is 8.42 Å². The molecule has 9 heteroatoms. The van der Waals surface area contributed by atoms with E-state index >= 15 is 0 Å². The molecule has 0 fully saturated rings. The van der Waals surface area contributed by atoms with Crippen LogP contribution in [0.3, 0.4) is 0 Å². The number of hydrogen-bond donors (Lipinski definition) is 0. The van der Waals surface area contributed by atoms with Crippen LogP contribution < -0.4 is 4.31 Å². The number of nitrogens with zero attached hydrogens (tertiary/aromatic N) is 2. The number of alkyl halides is 3. The van der Waals surface area contributed by atoms with E-state index in [0.29, 0.717) is 16.2 Å². The van der Waals surface area contributed by atoms with Gasteiger partial charge >= 0.3 is 6.18 Å². The normalized spacial score (nSPS) is 12.0. The fraction of sp³-hybridized carbons (Fsp3) is 0.200. The van der Waals surface area contributed by atoms with E-state index in [9.17, 15) is 26.4 Å². The average Bonchev–Trinajstić information content (AvgIpc) is 2.51. The lowest BCUT2D eigenvalue weighted by Gasteiger charge is -2.25. The van der Waals surface area contributed by atoms with E-state index in [1.807, 2.05) is 0 Å². The smallest absolute Gasteiger partial charge is 0.298 e. The minimum Gasteiger partial charge on any atom is -0.298 e. The number of sulfonamides is 1. The maximum absolute atomic E-state index is 12.6. The Morgan fingerprint density at radius 3 is 2.50 bits per heavy atom. The molecule has 0 saturated heterocycles. The maximum Gasteiger partial charge on any atom is 0.404 e. The van der Waals surface area contributed by atoms with Crippen LogP contribution in [-0.4, -0.2) is 31.6 Å². The van der Waals surface area contributed by atoms with Gasteiger partial charge in [0.2, 0.25) is 10.0 Å². The third-order valence-corrected chi connectivity index (χ3v) is 4.73. The summed E-state index contributed by atoms with van der Waals surface area (Å²) in [6.45, 7) is -0.325. The second-order valence-electron chi connectivity index (χ2n) is 4.95. The Morgan fingerprint density at radius 2 is 1.92 bits per heavy atom. The Bertz CT molecular complexity index is 808. The van der Waals surface area contributed by atoms with Crippen LogP contribution in [0, 0.1) is 0 Å². The summed E-state index contributed by atoms with van der Waals surface area (Å²) in [5.41, 5.74) is 0.554. The molecule has 0 N–H and O–H groups in total. The topological polar surface area (TPSA) is 67.3 Å². The molecule has 0 spiro atoms. The molecule has 0 saturated carbocycles. The van der Waals surface area contributed by atoms with Gasteiger partial charge in [0.15, 0.2) is 5.75 Å². The van der Waals surface area contributed by atoms with Gasteiger partial charge in [-0.1, -0.05) is 18.2 Å². The van der Waals surface area contributed by atoms with Gasteiger partial charge in [-0.05, 0) is 23.8 Å². The van der Waals surface area contributed by atoms with Crippen LogP contribution in [-0.2, 0) is 16.6 Å². The number of pyridine rings is 1. The summed E-state index contributed by atoms with van der Waals surface area (Å²) in [6.07, 6.45) is -1.57. The highest BCUT2D eigenvalue weighted by molar-refractivity contribution is 7.92. The summed E-state index contributed by atoms with van der Waals surface area (Å²) >= 11 is 0. The van der Waals surface area contributed by atoms with Crippen LogP contribution in [0.25, 0.3) is 0 Å². The number of rotatable bonds is 6. The van der Waals surface area contributed by atoms with Crippen molar-refractivity contribution in [2.45, 2.75) is 12.7 Å². The summed E-state index contributed by atoms with van der Waals surface area (Å²) in [6, 6.07) is 8.47. The summed E-state index contributed by atoms with van der Waals surface area (Å²) in [5, 5.41) is 0. The number of hydrogen-bond acceptors (Lipinski definition) is 4. The molecule has 5 nitrogen and oxygen atoms in total. The average molecular weight is 358 g/mol. The number of aldehydes is 1. The molecule has 0 atom stereocenters. The van der Waals surface area contributed by atoms with Crippen LogP contribution in [0.2, 0.25) is 0 Å². The van der Waals surface area contributed by atoms with E-state index in [-0.39, 0.29) is 17.8 Å². The lowest BCUT2D eigenvalue weighted by Crippen LogP contribution is -2.37. The minimum atomic E-state index is -4.88. The standard InChI is InChI=1S/C15H13F3N2O3S/c16-15(17,18)11-24(22,23)20(9-13-4-2-6-19-8-13)14-5-1-3-12(7-14)10-21/h1-8,10H,9,11H2. The van der Waals surface area contributed by atoms with Gasteiger partial charge in [0.1, 0.15) is 6.29 Å². The number of aromatic nitrogens is 1. The summed E-state index contributed by atoms with van der Waals surface area (Å²) < 4.78 is 63.0. The predicted octanol–water partition coefficient (Wildman–Crippen LogP) is 2.79.